The van der Waals surface area contributed by atoms with E-state index >= 15 is 0 Å². The van der Waals surface area contributed by atoms with Crippen LogP contribution in [-0.2, 0) is 4.79 Å². The molecule has 1 aliphatic heterocycles. The molecule has 5 heteroatoms. The summed E-state index contributed by atoms with van der Waals surface area (Å²) in [6, 6.07) is 6.25. The number of benzene rings is 1. The Hall–Kier alpha value is -1.88. The topological polar surface area (TPSA) is 66.8 Å². The number of hydrogen-bond acceptors (Lipinski definition) is 4. The Balaban J connectivity index is 2.26. The standard InChI is InChI=1S/C16H21NO4/c1-3-9-16(10-6-11-17(16)2)15(20)21-13-8-5-4-7-12(13)14(18)19/h4-5,7-8H,3,6,9-11H2,1-2H3,(H,18,19). The Morgan fingerprint density at radius 2 is 2.10 bits per heavy atom. The van der Waals surface area contributed by atoms with Crippen LogP contribution in [0.4, 0.5) is 0 Å². The summed E-state index contributed by atoms with van der Waals surface area (Å²) in [5.41, 5.74) is -0.612. The van der Waals surface area contributed by atoms with E-state index in [-0.39, 0.29) is 17.3 Å². The highest BCUT2D eigenvalue weighted by molar-refractivity contribution is 5.93. The van der Waals surface area contributed by atoms with Crippen LogP contribution in [0.2, 0.25) is 0 Å². The highest BCUT2D eigenvalue weighted by atomic mass is 16.5. The van der Waals surface area contributed by atoms with Crippen LogP contribution in [-0.4, -0.2) is 41.1 Å². The molecule has 1 N–H and O–H groups in total. The molecule has 0 aromatic heterocycles. The summed E-state index contributed by atoms with van der Waals surface area (Å²) in [6.45, 7) is 2.89. The Bertz CT molecular complexity index is 543. The molecular formula is C16H21NO4. The average molecular weight is 291 g/mol. The van der Waals surface area contributed by atoms with Crippen LogP contribution in [0.5, 0.6) is 5.75 Å². The molecule has 0 radical (unpaired) electrons. The molecule has 2 rings (SSSR count). The number of rotatable bonds is 5. The van der Waals surface area contributed by atoms with Crippen molar-refractivity contribution in [2.75, 3.05) is 13.6 Å². The fraction of sp³-hybridized carbons (Fsp3) is 0.500. The molecule has 0 saturated carbocycles. The van der Waals surface area contributed by atoms with Gasteiger partial charge in [0.25, 0.3) is 0 Å². The minimum absolute atomic E-state index is 0.0122. The molecule has 1 fully saturated rings. The third-order valence-electron chi connectivity index (χ3n) is 4.18. The number of likely N-dealkylation sites (N-methyl/N-ethyl adjacent to an activating group) is 1. The van der Waals surface area contributed by atoms with Crippen molar-refractivity contribution >= 4 is 11.9 Å². The largest absolute Gasteiger partial charge is 0.478 e. The molecule has 1 atom stereocenters. The predicted octanol–water partition coefficient (Wildman–Crippen LogP) is 2.55. The number of carbonyl (C=O) groups is 2. The van der Waals surface area contributed by atoms with Gasteiger partial charge in [0.2, 0.25) is 0 Å². The van der Waals surface area contributed by atoms with Gasteiger partial charge in [0.05, 0.1) is 0 Å². The summed E-state index contributed by atoms with van der Waals surface area (Å²) < 4.78 is 5.46. The smallest absolute Gasteiger partial charge is 0.339 e. The van der Waals surface area contributed by atoms with Crippen molar-refractivity contribution in [1.29, 1.82) is 0 Å². The lowest BCUT2D eigenvalue weighted by molar-refractivity contribution is -0.146. The normalized spacial score (nSPS) is 22.2. The van der Waals surface area contributed by atoms with Crippen molar-refractivity contribution in [3.8, 4) is 5.75 Å². The Morgan fingerprint density at radius 1 is 1.38 bits per heavy atom. The fourth-order valence-electron chi connectivity index (χ4n) is 3.03. The third-order valence-corrected chi connectivity index (χ3v) is 4.18. The molecule has 1 saturated heterocycles. The minimum Gasteiger partial charge on any atom is -0.478 e. The van der Waals surface area contributed by atoms with E-state index in [4.69, 9.17) is 9.84 Å². The number of esters is 1. The summed E-state index contributed by atoms with van der Waals surface area (Å²) >= 11 is 0. The first-order chi connectivity index (χ1) is 10.0. The summed E-state index contributed by atoms with van der Waals surface area (Å²) in [7, 11) is 1.92. The van der Waals surface area contributed by atoms with Crippen LogP contribution in [0, 0.1) is 0 Å². The van der Waals surface area contributed by atoms with E-state index in [2.05, 4.69) is 0 Å². The maximum Gasteiger partial charge on any atom is 0.339 e. The first-order valence-corrected chi connectivity index (χ1v) is 7.27. The lowest BCUT2D eigenvalue weighted by Gasteiger charge is -2.33. The lowest BCUT2D eigenvalue weighted by atomic mass is 9.91. The van der Waals surface area contributed by atoms with Gasteiger partial charge in [0.1, 0.15) is 16.9 Å². The van der Waals surface area contributed by atoms with Gasteiger partial charge in [-0.15, -0.1) is 0 Å². The van der Waals surface area contributed by atoms with Crippen LogP contribution in [0.1, 0.15) is 43.0 Å². The number of nitrogens with zero attached hydrogens (tertiary/aromatic N) is 1. The van der Waals surface area contributed by atoms with E-state index in [1.807, 2.05) is 18.9 Å². The van der Waals surface area contributed by atoms with Crippen molar-refractivity contribution in [3.63, 3.8) is 0 Å². The minimum atomic E-state index is -1.09. The van der Waals surface area contributed by atoms with Gasteiger partial charge in [-0.1, -0.05) is 25.5 Å². The monoisotopic (exact) mass is 291 g/mol. The molecule has 114 valence electrons. The van der Waals surface area contributed by atoms with Crippen molar-refractivity contribution in [2.45, 2.75) is 38.1 Å². The zero-order valence-corrected chi connectivity index (χ0v) is 12.5. The van der Waals surface area contributed by atoms with Gasteiger partial charge >= 0.3 is 11.9 Å². The van der Waals surface area contributed by atoms with Gasteiger partial charge in [-0.05, 0) is 45.0 Å². The quantitative estimate of drug-likeness (QED) is 0.667. The molecule has 1 aromatic rings. The van der Waals surface area contributed by atoms with Gasteiger partial charge in [0, 0.05) is 0 Å². The Labute approximate surface area is 124 Å². The van der Waals surface area contributed by atoms with Crippen molar-refractivity contribution in [1.82, 2.24) is 4.90 Å². The van der Waals surface area contributed by atoms with E-state index in [1.165, 1.54) is 12.1 Å². The van der Waals surface area contributed by atoms with Crippen LogP contribution in [0.25, 0.3) is 0 Å². The second-order valence-corrected chi connectivity index (χ2v) is 5.50. The molecule has 0 aliphatic carbocycles. The van der Waals surface area contributed by atoms with Crippen molar-refractivity contribution < 1.29 is 19.4 Å². The van der Waals surface area contributed by atoms with Gasteiger partial charge in [-0.25, -0.2) is 9.59 Å². The molecule has 0 spiro atoms. The van der Waals surface area contributed by atoms with E-state index < -0.39 is 11.5 Å². The van der Waals surface area contributed by atoms with E-state index in [0.717, 1.165) is 32.2 Å². The molecule has 0 bridgehead atoms. The molecule has 5 nitrogen and oxygen atoms in total. The van der Waals surface area contributed by atoms with Crippen LogP contribution < -0.4 is 4.74 Å². The summed E-state index contributed by atoms with van der Waals surface area (Å²) in [5.74, 6) is -1.33. The molecule has 21 heavy (non-hydrogen) atoms. The van der Waals surface area contributed by atoms with E-state index in [9.17, 15) is 9.59 Å². The Morgan fingerprint density at radius 3 is 2.67 bits per heavy atom. The molecule has 1 aromatic carbocycles. The maximum atomic E-state index is 12.7. The first-order valence-electron chi connectivity index (χ1n) is 7.27. The second kappa shape index (κ2) is 6.26. The average Bonchev–Trinajstić information content (AvgIpc) is 2.82. The Kier molecular flexibility index (Phi) is 4.63. The molecule has 0 amide bonds. The van der Waals surface area contributed by atoms with Gasteiger partial charge in [-0.2, -0.15) is 0 Å². The number of carbonyl (C=O) groups excluding carboxylic acids is 1. The maximum absolute atomic E-state index is 12.7. The number of para-hydroxylation sites is 1. The zero-order chi connectivity index (χ0) is 15.5. The van der Waals surface area contributed by atoms with Gasteiger partial charge in [0.15, 0.2) is 0 Å². The SMILES string of the molecule is CCCC1(C(=O)Oc2ccccc2C(=O)O)CCCN1C. The number of hydrogen-bond donors (Lipinski definition) is 1. The molecule has 1 unspecified atom stereocenters. The molecule has 1 aliphatic rings. The van der Waals surface area contributed by atoms with Crippen molar-refractivity contribution in [2.24, 2.45) is 0 Å². The van der Waals surface area contributed by atoms with Crippen molar-refractivity contribution in [3.05, 3.63) is 29.8 Å². The number of likely N-dealkylation sites (tertiary alicyclic amines) is 1. The van der Waals surface area contributed by atoms with Crippen LogP contribution >= 0.6 is 0 Å². The van der Waals surface area contributed by atoms with Crippen LogP contribution in [0.3, 0.4) is 0 Å². The summed E-state index contributed by atoms with van der Waals surface area (Å²) in [4.78, 5) is 25.9. The highest BCUT2D eigenvalue weighted by Gasteiger charge is 2.46. The van der Waals surface area contributed by atoms with Gasteiger partial charge in [-0.3, -0.25) is 4.90 Å². The number of aromatic carboxylic acids is 1. The van der Waals surface area contributed by atoms with Crippen LogP contribution in [0.15, 0.2) is 24.3 Å². The first kappa shape index (κ1) is 15.5. The second-order valence-electron chi connectivity index (χ2n) is 5.50. The number of carboxylic acid groups (broad SMARTS) is 1. The molecule has 1 heterocycles. The lowest BCUT2D eigenvalue weighted by Crippen LogP contribution is -2.50. The fourth-order valence-corrected chi connectivity index (χ4v) is 3.03. The molecular weight excluding hydrogens is 270 g/mol. The number of carboxylic acids is 1. The van der Waals surface area contributed by atoms with Gasteiger partial charge < -0.3 is 9.84 Å². The zero-order valence-electron chi connectivity index (χ0n) is 12.5. The number of ether oxygens (including phenoxy) is 1. The predicted molar refractivity (Wildman–Crippen MR) is 78.5 cm³/mol. The summed E-state index contributed by atoms with van der Waals surface area (Å²) in [5, 5.41) is 9.16. The van der Waals surface area contributed by atoms with E-state index in [1.54, 1.807) is 12.1 Å². The summed E-state index contributed by atoms with van der Waals surface area (Å²) in [6.07, 6.45) is 3.30. The van der Waals surface area contributed by atoms with E-state index in [0.29, 0.717) is 0 Å². The highest BCUT2D eigenvalue weighted by Crippen LogP contribution is 2.34. The third kappa shape index (κ3) is 2.93.